The smallest absolute Gasteiger partial charge is 0.239 e. The van der Waals surface area contributed by atoms with E-state index < -0.39 is 11.9 Å². The number of piperazine rings is 1. The number of nitrogens with two attached hydrogens (primary N) is 1. The average Bonchev–Trinajstić information content (AvgIpc) is 2.43. The summed E-state index contributed by atoms with van der Waals surface area (Å²) in [7, 11) is 0. The summed E-state index contributed by atoms with van der Waals surface area (Å²) in [6, 6.07) is 5.36. The van der Waals surface area contributed by atoms with Gasteiger partial charge in [-0.1, -0.05) is 12.1 Å². The molecular weight excluding hydrogens is 261 g/mol. The number of amides is 1. The molecule has 1 aliphatic rings. The molecule has 0 radical (unpaired) electrons. The highest BCUT2D eigenvalue weighted by molar-refractivity contribution is 5.81. The molecule has 1 atom stereocenters. The number of hydrogen-bond donors (Lipinski definition) is 2. The van der Waals surface area contributed by atoms with Gasteiger partial charge in [0.1, 0.15) is 11.9 Å². The Morgan fingerprint density at radius 2 is 1.85 bits per heavy atom. The molecule has 1 saturated heterocycles. The first-order chi connectivity index (χ1) is 9.61. The Labute approximate surface area is 117 Å². The van der Waals surface area contributed by atoms with E-state index in [2.05, 4.69) is 4.90 Å². The zero-order valence-corrected chi connectivity index (χ0v) is 11.3. The van der Waals surface area contributed by atoms with Crippen LogP contribution in [-0.2, 0) is 4.79 Å². The minimum absolute atomic E-state index is 0.136. The van der Waals surface area contributed by atoms with Crippen LogP contribution in [0.5, 0.6) is 0 Å². The van der Waals surface area contributed by atoms with Gasteiger partial charge in [-0.25, -0.2) is 4.39 Å². The predicted molar refractivity (Wildman–Crippen MR) is 73.4 cm³/mol. The Morgan fingerprint density at radius 1 is 1.25 bits per heavy atom. The van der Waals surface area contributed by atoms with Gasteiger partial charge in [-0.05, 0) is 17.7 Å². The number of hydrogen-bond acceptors (Lipinski definition) is 4. The summed E-state index contributed by atoms with van der Waals surface area (Å²) in [5.74, 6) is -0.753. The summed E-state index contributed by atoms with van der Waals surface area (Å²) in [6.45, 7) is 3.75. The van der Waals surface area contributed by atoms with Crippen molar-refractivity contribution in [2.45, 2.75) is 6.04 Å². The maximum absolute atomic E-state index is 13.0. The molecule has 0 bridgehead atoms. The van der Waals surface area contributed by atoms with Crippen LogP contribution in [0.25, 0.3) is 0 Å². The molecular formula is C14H20FN3O2. The van der Waals surface area contributed by atoms with E-state index in [0.717, 1.165) is 18.7 Å². The SMILES string of the molecule is NC(=O)[C@H](c1ccc(F)cc1)N1CCN(CCO)CC1. The van der Waals surface area contributed by atoms with Crippen molar-refractivity contribution in [3.63, 3.8) is 0 Å². The van der Waals surface area contributed by atoms with E-state index in [1.54, 1.807) is 12.1 Å². The Kier molecular flexibility index (Phi) is 5.05. The second kappa shape index (κ2) is 6.78. The first-order valence-electron chi connectivity index (χ1n) is 6.74. The number of aliphatic hydroxyl groups is 1. The van der Waals surface area contributed by atoms with Gasteiger partial charge in [-0.15, -0.1) is 0 Å². The molecule has 1 amide bonds. The largest absolute Gasteiger partial charge is 0.395 e. The number of halogens is 1. The van der Waals surface area contributed by atoms with E-state index in [4.69, 9.17) is 10.8 Å². The second-order valence-electron chi connectivity index (χ2n) is 4.96. The molecule has 110 valence electrons. The Bertz CT molecular complexity index is 444. The van der Waals surface area contributed by atoms with Crippen LogP contribution in [0.2, 0.25) is 0 Å². The molecule has 0 spiro atoms. The summed E-state index contributed by atoms with van der Waals surface area (Å²) in [5, 5.41) is 8.92. The monoisotopic (exact) mass is 281 g/mol. The lowest BCUT2D eigenvalue weighted by Crippen LogP contribution is -2.50. The van der Waals surface area contributed by atoms with Crippen molar-refractivity contribution in [2.24, 2.45) is 5.73 Å². The third-order valence-corrected chi connectivity index (χ3v) is 3.64. The summed E-state index contributed by atoms with van der Waals surface area (Å²) < 4.78 is 13.0. The van der Waals surface area contributed by atoms with Gasteiger partial charge >= 0.3 is 0 Å². The second-order valence-corrected chi connectivity index (χ2v) is 4.96. The first kappa shape index (κ1) is 14.9. The van der Waals surface area contributed by atoms with Crippen LogP contribution in [0.4, 0.5) is 4.39 Å². The van der Waals surface area contributed by atoms with Gasteiger partial charge in [-0.2, -0.15) is 0 Å². The van der Waals surface area contributed by atoms with Crippen LogP contribution in [0.1, 0.15) is 11.6 Å². The van der Waals surface area contributed by atoms with E-state index >= 15 is 0 Å². The molecule has 0 aliphatic carbocycles. The van der Waals surface area contributed by atoms with Crippen molar-refractivity contribution in [1.29, 1.82) is 0 Å². The fourth-order valence-electron chi connectivity index (χ4n) is 2.59. The fraction of sp³-hybridized carbons (Fsp3) is 0.500. The maximum Gasteiger partial charge on any atom is 0.239 e. The highest BCUT2D eigenvalue weighted by atomic mass is 19.1. The van der Waals surface area contributed by atoms with E-state index in [0.29, 0.717) is 19.6 Å². The average molecular weight is 281 g/mol. The normalized spacial score (nSPS) is 18.9. The summed E-state index contributed by atoms with van der Waals surface area (Å²) in [5.41, 5.74) is 6.22. The van der Waals surface area contributed by atoms with Gasteiger partial charge in [-0.3, -0.25) is 14.6 Å². The van der Waals surface area contributed by atoms with Crippen LogP contribution in [0.3, 0.4) is 0 Å². The lowest BCUT2D eigenvalue weighted by molar-refractivity contribution is -0.124. The number of carbonyl (C=O) groups excluding carboxylic acids is 1. The van der Waals surface area contributed by atoms with Crippen LogP contribution in [0.15, 0.2) is 24.3 Å². The van der Waals surface area contributed by atoms with Crippen molar-refractivity contribution in [3.05, 3.63) is 35.6 Å². The number of rotatable bonds is 5. The lowest BCUT2D eigenvalue weighted by Gasteiger charge is -2.38. The molecule has 0 aromatic heterocycles. The minimum atomic E-state index is -0.521. The molecule has 1 aromatic rings. The van der Waals surface area contributed by atoms with Gasteiger partial charge in [0.25, 0.3) is 0 Å². The molecule has 1 aromatic carbocycles. The fourth-order valence-corrected chi connectivity index (χ4v) is 2.59. The molecule has 20 heavy (non-hydrogen) atoms. The third-order valence-electron chi connectivity index (χ3n) is 3.64. The number of carbonyl (C=O) groups is 1. The Morgan fingerprint density at radius 3 is 2.35 bits per heavy atom. The number of β-amino-alcohol motifs (C(OH)–C–C–N with tert-alkyl or cyclic N) is 1. The van der Waals surface area contributed by atoms with Crippen LogP contribution < -0.4 is 5.73 Å². The zero-order valence-electron chi connectivity index (χ0n) is 11.3. The van der Waals surface area contributed by atoms with Crippen LogP contribution >= 0.6 is 0 Å². The van der Waals surface area contributed by atoms with E-state index in [9.17, 15) is 9.18 Å². The molecule has 1 aliphatic heterocycles. The van der Waals surface area contributed by atoms with Crippen molar-refractivity contribution in [2.75, 3.05) is 39.3 Å². The molecule has 1 fully saturated rings. The third kappa shape index (κ3) is 3.53. The highest BCUT2D eigenvalue weighted by Crippen LogP contribution is 2.22. The summed E-state index contributed by atoms with van der Waals surface area (Å²) >= 11 is 0. The highest BCUT2D eigenvalue weighted by Gasteiger charge is 2.28. The quantitative estimate of drug-likeness (QED) is 0.795. The molecule has 5 nitrogen and oxygen atoms in total. The molecule has 6 heteroatoms. The Balaban J connectivity index is 2.07. The minimum Gasteiger partial charge on any atom is -0.395 e. The van der Waals surface area contributed by atoms with Crippen molar-refractivity contribution >= 4 is 5.91 Å². The van der Waals surface area contributed by atoms with Gasteiger partial charge in [0, 0.05) is 32.7 Å². The van der Waals surface area contributed by atoms with Gasteiger partial charge < -0.3 is 10.8 Å². The van der Waals surface area contributed by atoms with Gasteiger partial charge in [0.15, 0.2) is 0 Å². The number of aliphatic hydroxyl groups excluding tert-OH is 1. The van der Waals surface area contributed by atoms with Crippen molar-refractivity contribution < 1.29 is 14.3 Å². The standard InChI is InChI=1S/C14H20FN3O2/c15-12-3-1-11(2-4-12)13(14(16)20)18-7-5-17(6-8-18)9-10-19/h1-4,13,19H,5-10H2,(H2,16,20)/t13-/m0/s1. The zero-order chi connectivity index (χ0) is 14.5. The predicted octanol–water partition coefficient (Wildman–Crippen LogP) is -0.0380. The Hall–Kier alpha value is -1.50. The van der Waals surface area contributed by atoms with Gasteiger partial charge in [0.05, 0.1) is 6.61 Å². The number of primary amides is 1. The molecule has 0 unspecified atom stereocenters. The summed E-state index contributed by atoms with van der Waals surface area (Å²) in [6.07, 6.45) is 0. The van der Waals surface area contributed by atoms with Crippen LogP contribution in [0, 0.1) is 5.82 Å². The summed E-state index contributed by atoms with van der Waals surface area (Å²) in [4.78, 5) is 15.9. The van der Waals surface area contributed by atoms with Crippen molar-refractivity contribution in [1.82, 2.24) is 9.80 Å². The molecule has 1 heterocycles. The van der Waals surface area contributed by atoms with Crippen molar-refractivity contribution in [3.8, 4) is 0 Å². The van der Waals surface area contributed by atoms with Crippen LogP contribution in [-0.4, -0.2) is 60.1 Å². The molecule has 0 saturated carbocycles. The first-order valence-corrected chi connectivity index (χ1v) is 6.74. The number of benzene rings is 1. The molecule has 2 rings (SSSR count). The number of nitrogens with zero attached hydrogens (tertiary/aromatic N) is 2. The van der Waals surface area contributed by atoms with Gasteiger partial charge in [0.2, 0.25) is 5.91 Å². The molecule has 3 N–H and O–H groups in total. The maximum atomic E-state index is 13.0. The lowest BCUT2D eigenvalue weighted by atomic mass is 10.0. The topological polar surface area (TPSA) is 69.8 Å². The van der Waals surface area contributed by atoms with E-state index in [-0.39, 0.29) is 12.4 Å². The van der Waals surface area contributed by atoms with E-state index in [1.807, 2.05) is 4.90 Å². The van der Waals surface area contributed by atoms with E-state index in [1.165, 1.54) is 12.1 Å².